The highest BCUT2D eigenvalue weighted by Gasteiger charge is 2.19. The molecular weight excluding hydrogens is 374 g/mol. The molecule has 27 heavy (non-hydrogen) atoms. The molecule has 0 bridgehead atoms. The van der Waals surface area contributed by atoms with E-state index in [-0.39, 0.29) is 5.56 Å². The number of aromatic nitrogens is 2. The summed E-state index contributed by atoms with van der Waals surface area (Å²) in [4.78, 5) is 24.9. The predicted molar refractivity (Wildman–Crippen MR) is 114 cm³/mol. The van der Waals surface area contributed by atoms with E-state index in [1.807, 2.05) is 22.9 Å². The molecule has 0 saturated carbocycles. The van der Waals surface area contributed by atoms with E-state index < -0.39 is 0 Å². The van der Waals surface area contributed by atoms with Gasteiger partial charge in [-0.05, 0) is 42.8 Å². The highest BCUT2D eigenvalue weighted by molar-refractivity contribution is 7.18. The first-order chi connectivity index (χ1) is 13.2. The van der Waals surface area contributed by atoms with E-state index in [1.165, 1.54) is 16.8 Å². The molecule has 6 heteroatoms. The second-order valence-electron chi connectivity index (χ2n) is 6.98. The molecule has 4 aromatic rings. The third kappa shape index (κ3) is 2.99. The van der Waals surface area contributed by atoms with Crippen molar-refractivity contribution in [1.82, 2.24) is 9.97 Å². The Hall–Kier alpha value is -2.44. The van der Waals surface area contributed by atoms with Gasteiger partial charge in [0.05, 0.1) is 11.9 Å². The van der Waals surface area contributed by atoms with Crippen molar-refractivity contribution in [3.8, 4) is 10.4 Å². The normalized spacial score (nSPS) is 13.9. The lowest BCUT2D eigenvalue weighted by atomic mass is 9.99. The molecule has 0 saturated heterocycles. The van der Waals surface area contributed by atoms with Crippen LogP contribution in [0, 0.1) is 6.92 Å². The first-order valence-electron chi connectivity index (χ1n) is 9.08. The zero-order chi connectivity index (χ0) is 18.4. The lowest BCUT2D eigenvalue weighted by molar-refractivity contribution is 0.674. The van der Waals surface area contributed by atoms with Gasteiger partial charge in [0, 0.05) is 28.1 Å². The lowest BCUT2D eigenvalue weighted by Gasteiger charge is -2.31. The number of benzene rings is 1. The summed E-state index contributed by atoms with van der Waals surface area (Å²) in [5.41, 5.74) is 4.90. The van der Waals surface area contributed by atoms with Crippen molar-refractivity contribution >= 4 is 38.6 Å². The summed E-state index contributed by atoms with van der Waals surface area (Å²) in [6.45, 7) is 3.75. The van der Waals surface area contributed by atoms with Crippen LogP contribution in [0.4, 0.5) is 5.69 Å². The van der Waals surface area contributed by atoms with Gasteiger partial charge >= 0.3 is 0 Å². The van der Waals surface area contributed by atoms with E-state index in [0.29, 0.717) is 11.9 Å². The number of anilines is 1. The van der Waals surface area contributed by atoms with Gasteiger partial charge in [0.2, 0.25) is 0 Å². The Kier molecular flexibility index (Phi) is 4.10. The van der Waals surface area contributed by atoms with E-state index in [2.05, 4.69) is 35.0 Å². The maximum Gasteiger partial charge on any atom is 0.260 e. The number of H-pyrrole nitrogens is 1. The Morgan fingerprint density at radius 2 is 2.19 bits per heavy atom. The molecule has 0 radical (unpaired) electrons. The van der Waals surface area contributed by atoms with Gasteiger partial charge in [-0.2, -0.15) is 0 Å². The van der Waals surface area contributed by atoms with Crippen molar-refractivity contribution < 1.29 is 0 Å². The van der Waals surface area contributed by atoms with Crippen molar-refractivity contribution in [1.29, 1.82) is 0 Å². The SMILES string of the molecule is Cc1ccc2c(c1)CCCN2Cc1nc2scc(-c3cccs3)c2c(=O)[nH]1. The predicted octanol–water partition coefficient (Wildman–Crippen LogP) is 4.97. The number of thiophene rings is 2. The number of nitrogens with one attached hydrogen (secondary N) is 1. The number of hydrogen-bond acceptors (Lipinski definition) is 5. The third-order valence-electron chi connectivity index (χ3n) is 5.07. The highest BCUT2D eigenvalue weighted by Crippen LogP contribution is 2.34. The standard InChI is InChI=1S/C21H19N3OS2/c1-13-6-7-16-14(10-13)4-2-8-24(16)11-18-22-20(25)19-15(12-27-21(19)23-18)17-5-3-9-26-17/h3,5-7,9-10,12H,2,4,8,11H2,1H3,(H,22,23,25). The third-order valence-corrected chi connectivity index (χ3v) is 6.85. The molecule has 1 aliphatic heterocycles. The number of aryl methyl sites for hydroxylation is 2. The molecule has 0 spiro atoms. The zero-order valence-electron chi connectivity index (χ0n) is 15.0. The Labute approximate surface area is 165 Å². The molecule has 5 rings (SSSR count). The lowest BCUT2D eigenvalue weighted by Crippen LogP contribution is -2.30. The molecule has 0 unspecified atom stereocenters. The number of aromatic amines is 1. The molecule has 0 aliphatic carbocycles. The van der Waals surface area contributed by atoms with Crippen LogP contribution < -0.4 is 10.5 Å². The highest BCUT2D eigenvalue weighted by atomic mass is 32.1. The molecule has 4 nitrogen and oxygen atoms in total. The van der Waals surface area contributed by atoms with Crippen LogP contribution in [-0.4, -0.2) is 16.5 Å². The Bertz CT molecular complexity index is 1170. The van der Waals surface area contributed by atoms with E-state index in [1.54, 1.807) is 22.7 Å². The number of fused-ring (bicyclic) bond motifs is 2. The fraction of sp³-hybridized carbons (Fsp3) is 0.238. The largest absolute Gasteiger partial charge is 0.364 e. The minimum atomic E-state index is -0.0409. The fourth-order valence-corrected chi connectivity index (χ4v) is 5.61. The van der Waals surface area contributed by atoms with Crippen molar-refractivity contribution in [2.75, 3.05) is 11.4 Å². The summed E-state index contributed by atoms with van der Waals surface area (Å²) in [5.74, 6) is 0.737. The average Bonchev–Trinajstić information content (AvgIpc) is 3.31. The first-order valence-corrected chi connectivity index (χ1v) is 10.8. The maximum absolute atomic E-state index is 12.8. The molecule has 1 N–H and O–H groups in total. The number of rotatable bonds is 3. The Morgan fingerprint density at radius 3 is 3.04 bits per heavy atom. The van der Waals surface area contributed by atoms with Crippen LogP contribution in [0.25, 0.3) is 20.7 Å². The van der Waals surface area contributed by atoms with Crippen molar-refractivity contribution in [2.24, 2.45) is 0 Å². The van der Waals surface area contributed by atoms with E-state index >= 15 is 0 Å². The quantitative estimate of drug-likeness (QED) is 0.534. The van der Waals surface area contributed by atoms with Crippen LogP contribution in [0.1, 0.15) is 23.4 Å². The monoisotopic (exact) mass is 393 g/mol. The Balaban J connectivity index is 1.52. The topological polar surface area (TPSA) is 49.0 Å². The van der Waals surface area contributed by atoms with E-state index in [9.17, 15) is 4.79 Å². The van der Waals surface area contributed by atoms with Crippen LogP contribution in [0.2, 0.25) is 0 Å². The van der Waals surface area contributed by atoms with Gasteiger partial charge in [-0.15, -0.1) is 22.7 Å². The van der Waals surface area contributed by atoms with Crippen LogP contribution in [0.15, 0.2) is 45.9 Å². The van der Waals surface area contributed by atoms with Gasteiger partial charge < -0.3 is 9.88 Å². The molecule has 0 atom stereocenters. The minimum absolute atomic E-state index is 0.0409. The molecule has 3 aromatic heterocycles. The summed E-state index contributed by atoms with van der Waals surface area (Å²) in [5, 5.41) is 4.78. The molecule has 1 aliphatic rings. The van der Waals surface area contributed by atoms with Gasteiger partial charge in [-0.25, -0.2) is 4.98 Å². The second-order valence-corrected chi connectivity index (χ2v) is 8.78. The van der Waals surface area contributed by atoms with Gasteiger partial charge in [0.15, 0.2) is 0 Å². The molecule has 0 fully saturated rings. The van der Waals surface area contributed by atoms with Gasteiger partial charge in [-0.1, -0.05) is 23.8 Å². The van der Waals surface area contributed by atoms with Gasteiger partial charge in [-0.3, -0.25) is 4.79 Å². The van der Waals surface area contributed by atoms with Crippen molar-refractivity contribution in [2.45, 2.75) is 26.3 Å². The number of hydrogen-bond donors (Lipinski definition) is 1. The summed E-state index contributed by atoms with van der Waals surface area (Å²) in [7, 11) is 0. The smallest absolute Gasteiger partial charge is 0.260 e. The van der Waals surface area contributed by atoms with Crippen LogP contribution in [-0.2, 0) is 13.0 Å². The first kappa shape index (κ1) is 16.7. The van der Waals surface area contributed by atoms with Crippen LogP contribution >= 0.6 is 22.7 Å². The molecule has 0 amide bonds. The number of nitrogens with zero attached hydrogens (tertiary/aromatic N) is 2. The summed E-state index contributed by atoms with van der Waals surface area (Å²) in [6.07, 6.45) is 2.25. The molecular formula is C21H19N3OS2. The van der Waals surface area contributed by atoms with Crippen molar-refractivity contribution in [3.05, 3.63) is 68.4 Å². The average molecular weight is 394 g/mol. The summed E-state index contributed by atoms with van der Waals surface area (Å²) < 4.78 is 0. The van der Waals surface area contributed by atoms with Crippen LogP contribution in [0.5, 0.6) is 0 Å². The fourth-order valence-electron chi connectivity index (χ4n) is 3.83. The second kappa shape index (κ2) is 6.62. The summed E-state index contributed by atoms with van der Waals surface area (Å²) in [6, 6.07) is 10.7. The van der Waals surface area contributed by atoms with E-state index in [4.69, 9.17) is 4.98 Å². The Morgan fingerprint density at radius 1 is 1.26 bits per heavy atom. The van der Waals surface area contributed by atoms with E-state index in [0.717, 1.165) is 40.5 Å². The molecule has 136 valence electrons. The molecule has 1 aromatic carbocycles. The van der Waals surface area contributed by atoms with Crippen LogP contribution in [0.3, 0.4) is 0 Å². The van der Waals surface area contributed by atoms with Gasteiger partial charge in [0.25, 0.3) is 5.56 Å². The minimum Gasteiger partial charge on any atom is -0.364 e. The van der Waals surface area contributed by atoms with Crippen molar-refractivity contribution in [3.63, 3.8) is 0 Å². The molecule has 4 heterocycles. The van der Waals surface area contributed by atoms with Gasteiger partial charge in [0.1, 0.15) is 10.7 Å². The maximum atomic E-state index is 12.8. The summed E-state index contributed by atoms with van der Waals surface area (Å²) >= 11 is 3.20. The zero-order valence-corrected chi connectivity index (χ0v) is 16.6.